The molecule has 0 aliphatic rings. The lowest BCUT2D eigenvalue weighted by molar-refractivity contribution is 0.427. The fourth-order valence-corrected chi connectivity index (χ4v) is 3.52. The van der Waals surface area contributed by atoms with Crippen LogP contribution in [0.3, 0.4) is 0 Å². The van der Waals surface area contributed by atoms with Crippen LogP contribution in [0.15, 0.2) is 6.07 Å². The molecule has 0 amide bonds. The smallest absolute Gasteiger partial charge is 0.174 e. The molecule has 0 unspecified atom stereocenters. The molecule has 0 saturated carbocycles. The fourth-order valence-electron chi connectivity index (χ4n) is 0.960. The summed E-state index contributed by atoms with van der Waals surface area (Å²) in [6.45, 7) is 6.67. The van der Waals surface area contributed by atoms with E-state index >= 15 is 0 Å². The van der Waals surface area contributed by atoms with Crippen molar-refractivity contribution in [3.8, 4) is 5.06 Å². The first-order chi connectivity index (χ1) is 5.45. The Morgan fingerprint density at radius 3 is 2.25 bits per heavy atom. The Kier molecular flexibility index (Phi) is 3.04. The molecule has 1 nitrogen and oxygen atoms in total. The Morgan fingerprint density at radius 2 is 2.00 bits per heavy atom. The van der Waals surface area contributed by atoms with Crippen molar-refractivity contribution in [1.82, 2.24) is 0 Å². The summed E-state index contributed by atoms with van der Waals surface area (Å²) in [5, 5.41) is 1.00. The zero-order chi connectivity index (χ0) is 9.35. The molecular weight excluding hydrogens is 283 g/mol. The maximum atomic E-state index is 5.18. The summed E-state index contributed by atoms with van der Waals surface area (Å²) >= 11 is 4.10. The van der Waals surface area contributed by atoms with Crippen LogP contribution in [0.4, 0.5) is 0 Å². The minimum absolute atomic E-state index is 0.234. The fraction of sp³-hybridized carbons (Fsp3) is 0.556. The van der Waals surface area contributed by atoms with Crippen molar-refractivity contribution in [3.05, 3.63) is 14.5 Å². The van der Waals surface area contributed by atoms with E-state index in [-0.39, 0.29) is 5.41 Å². The van der Waals surface area contributed by atoms with Crippen LogP contribution in [-0.2, 0) is 5.41 Å². The van der Waals surface area contributed by atoms with Crippen LogP contribution in [0, 0.1) is 3.57 Å². The van der Waals surface area contributed by atoms with Crippen LogP contribution in [0.1, 0.15) is 25.6 Å². The van der Waals surface area contributed by atoms with E-state index in [0.29, 0.717) is 0 Å². The highest BCUT2D eigenvalue weighted by Crippen LogP contribution is 2.37. The summed E-state index contributed by atoms with van der Waals surface area (Å²) < 4.78 is 6.49. The second kappa shape index (κ2) is 3.54. The first-order valence-corrected chi connectivity index (χ1v) is 5.68. The highest BCUT2D eigenvalue weighted by atomic mass is 127. The molecule has 0 fully saturated rings. The molecule has 0 radical (unpaired) electrons. The van der Waals surface area contributed by atoms with E-state index < -0.39 is 0 Å². The molecule has 12 heavy (non-hydrogen) atoms. The van der Waals surface area contributed by atoms with E-state index in [0.717, 1.165) is 5.06 Å². The van der Waals surface area contributed by atoms with Gasteiger partial charge in [-0.3, -0.25) is 0 Å². The maximum Gasteiger partial charge on any atom is 0.174 e. The summed E-state index contributed by atoms with van der Waals surface area (Å²) in [4.78, 5) is 1.40. The number of ether oxygens (including phenoxy) is 1. The number of rotatable bonds is 1. The average Bonchev–Trinajstić information content (AvgIpc) is 2.29. The normalized spacial score (nSPS) is 11.8. The minimum Gasteiger partial charge on any atom is -0.487 e. The van der Waals surface area contributed by atoms with Crippen molar-refractivity contribution >= 4 is 33.9 Å². The lowest BCUT2D eigenvalue weighted by Gasteiger charge is -2.16. The van der Waals surface area contributed by atoms with Crippen molar-refractivity contribution in [2.45, 2.75) is 26.2 Å². The summed E-state index contributed by atoms with van der Waals surface area (Å²) in [5.41, 5.74) is 0.234. The number of hydrogen-bond acceptors (Lipinski definition) is 2. The molecule has 68 valence electrons. The van der Waals surface area contributed by atoms with E-state index in [9.17, 15) is 0 Å². The number of hydrogen-bond donors (Lipinski definition) is 0. The molecule has 1 rings (SSSR count). The van der Waals surface area contributed by atoms with Gasteiger partial charge in [0.1, 0.15) is 0 Å². The highest BCUT2D eigenvalue weighted by Gasteiger charge is 2.20. The summed E-state index contributed by atoms with van der Waals surface area (Å²) in [7, 11) is 1.72. The Labute approximate surface area is 91.3 Å². The van der Waals surface area contributed by atoms with Crippen LogP contribution < -0.4 is 4.74 Å². The predicted octanol–water partition coefficient (Wildman–Crippen LogP) is 3.66. The van der Waals surface area contributed by atoms with E-state index in [2.05, 4.69) is 49.4 Å². The van der Waals surface area contributed by atoms with Gasteiger partial charge in [0.2, 0.25) is 0 Å². The Morgan fingerprint density at radius 1 is 1.42 bits per heavy atom. The molecule has 0 aliphatic carbocycles. The molecule has 0 saturated heterocycles. The molecule has 0 N–H and O–H groups in total. The van der Waals surface area contributed by atoms with Gasteiger partial charge < -0.3 is 4.74 Å². The third kappa shape index (κ3) is 2.13. The van der Waals surface area contributed by atoms with Gasteiger partial charge in [0.15, 0.2) is 5.06 Å². The summed E-state index contributed by atoms with van der Waals surface area (Å²) in [6, 6.07) is 2.09. The van der Waals surface area contributed by atoms with Gasteiger partial charge in [-0.2, -0.15) is 0 Å². The summed E-state index contributed by atoms with van der Waals surface area (Å²) in [5.74, 6) is 0. The highest BCUT2D eigenvalue weighted by molar-refractivity contribution is 14.1. The molecule has 3 heteroatoms. The van der Waals surface area contributed by atoms with Crippen molar-refractivity contribution in [2.75, 3.05) is 7.11 Å². The van der Waals surface area contributed by atoms with E-state index in [1.807, 2.05) is 0 Å². The molecule has 0 spiro atoms. The molecule has 0 bridgehead atoms. The third-order valence-electron chi connectivity index (χ3n) is 1.55. The van der Waals surface area contributed by atoms with Crippen molar-refractivity contribution in [3.63, 3.8) is 0 Å². The van der Waals surface area contributed by atoms with E-state index in [1.54, 1.807) is 18.4 Å². The molecule has 1 aromatic rings. The topological polar surface area (TPSA) is 9.23 Å². The molecule has 1 heterocycles. The SMILES string of the molecule is COc1cc(I)c(C(C)(C)C)s1. The average molecular weight is 296 g/mol. The first-order valence-electron chi connectivity index (χ1n) is 3.79. The molecular formula is C9H13IOS. The number of methoxy groups -OCH3 is 1. The predicted molar refractivity (Wildman–Crippen MR) is 62.3 cm³/mol. The number of halogens is 1. The standard InChI is InChI=1S/C9H13IOS/c1-9(2,3)8-6(10)5-7(11-4)12-8/h5H,1-4H3. The monoisotopic (exact) mass is 296 g/mol. The van der Waals surface area contributed by atoms with Gasteiger partial charge >= 0.3 is 0 Å². The van der Waals surface area contributed by atoms with Crippen LogP contribution >= 0.6 is 33.9 Å². The van der Waals surface area contributed by atoms with Gasteiger partial charge in [-0.1, -0.05) is 20.8 Å². The lowest BCUT2D eigenvalue weighted by atomic mass is 9.95. The van der Waals surface area contributed by atoms with Crippen LogP contribution in [0.5, 0.6) is 5.06 Å². The second-order valence-corrected chi connectivity index (χ2v) is 5.87. The van der Waals surface area contributed by atoms with E-state index in [1.165, 1.54) is 8.45 Å². The Balaban J connectivity index is 3.08. The third-order valence-corrected chi connectivity index (χ3v) is 4.29. The van der Waals surface area contributed by atoms with Gasteiger partial charge in [-0.05, 0) is 28.0 Å². The molecule has 0 atom stereocenters. The Hall–Kier alpha value is 0.230. The molecule has 0 aromatic carbocycles. The van der Waals surface area contributed by atoms with Gasteiger partial charge in [0, 0.05) is 14.5 Å². The van der Waals surface area contributed by atoms with Crippen LogP contribution in [0.25, 0.3) is 0 Å². The zero-order valence-corrected chi connectivity index (χ0v) is 10.7. The van der Waals surface area contributed by atoms with Crippen molar-refractivity contribution in [1.29, 1.82) is 0 Å². The lowest BCUT2D eigenvalue weighted by Crippen LogP contribution is -2.09. The maximum absolute atomic E-state index is 5.18. The minimum atomic E-state index is 0.234. The van der Waals surface area contributed by atoms with E-state index in [4.69, 9.17) is 4.74 Å². The second-order valence-electron chi connectivity index (χ2n) is 3.70. The van der Waals surface area contributed by atoms with Crippen LogP contribution in [-0.4, -0.2) is 7.11 Å². The van der Waals surface area contributed by atoms with Gasteiger partial charge in [-0.15, -0.1) is 11.3 Å². The van der Waals surface area contributed by atoms with Crippen molar-refractivity contribution in [2.24, 2.45) is 0 Å². The zero-order valence-electron chi connectivity index (χ0n) is 7.77. The number of thiophene rings is 1. The first kappa shape index (κ1) is 10.3. The van der Waals surface area contributed by atoms with Gasteiger partial charge in [-0.25, -0.2) is 0 Å². The largest absolute Gasteiger partial charge is 0.487 e. The van der Waals surface area contributed by atoms with Crippen molar-refractivity contribution < 1.29 is 4.74 Å². The Bertz CT molecular complexity index is 273. The van der Waals surface area contributed by atoms with Gasteiger partial charge in [0.05, 0.1) is 7.11 Å². The van der Waals surface area contributed by atoms with Crippen LogP contribution in [0.2, 0.25) is 0 Å². The van der Waals surface area contributed by atoms with Gasteiger partial charge in [0.25, 0.3) is 0 Å². The summed E-state index contributed by atoms with van der Waals surface area (Å²) in [6.07, 6.45) is 0. The molecule has 0 aliphatic heterocycles. The quantitative estimate of drug-likeness (QED) is 0.719. The molecule has 1 aromatic heterocycles.